The highest BCUT2D eigenvalue weighted by molar-refractivity contribution is 7.98. The van der Waals surface area contributed by atoms with Gasteiger partial charge in [0.2, 0.25) is 5.91 Å². The molecule has 4 heteroatoms. The van der Waals surface area contributed by atoms with Crippen molar-refractivity contribution in [3.8, 4) is 0 Å². The molecule has 3 nitrogen and oxygen atoms in total. The number of hydrogen-bond acceptors (Lipinski definition) is 3. The first-order valence-corrected chi connectivity index (χ1v) is 7.62. The average molecular weight is 246 g/mol. The molecular weight excluding hydrogens is 220 g/mol. The Morgan fingerprint density at radius 1 is 1.31 bits per heavy atom. The van der Waals surface area contributed by atoms with Crippen molar-refractivity contribution in [2.75, 3.05) is 25.1 Å². The zero-order valence-corrected chi connectivity index (χ0v) is 11.4. The molecule has 0 saturated carbocycles. The van der Waals surface area contributed by atoms with Crippen LogP contribution in [0.1, 0.15) is 39.0 Å². The summed E-state index contributed by atoms with van der Waals surface area (Å²) >= 11 is 1.90. The van der Waals surface area contributed by atoms with Crippen LogP contribution >= 0.6 is 11.8 Å². The van der Waals surface area contributed by atoms with Crippen LogP contribution in [0.2, 0.25) is 0 Å². The van der Waals surface area contributed by atoms with E-state index in [9.17, 15) is 4.79 Å². The molecule has 96 valence electrons. The molecule has 0 bridgehead atoms. The zero-order valence-electron chi connectivity index (χ0n) is 10.6. The van der Waals surface area contributed by atoms with Gasteiger partial charge >= 0.3 is 0 Å². The molecule has 0 aromatic heterocycles. The molecule has 0 fully saturated rings. The summed E-state index contributed by atoms with van der Waals surface area (Å²) in [5.41, 5.74) is 5.51. The summed E-state index contributed by atoms with van der Waals surface area (Å²) in [7, 11) is 0. The lowest BCUT2D eigenvalue weighted by molar-refractivity contribution is -0.124. The minimum atomic E-state index is -0.00325. The van der Waals surface area contributed by atoms with E-state index in [1.54, 1.807) is 0 Å². The zero-order chi connectivity index (χ0) is 12.2. The Bertz CT molecular complexity index is 172. The third-order valence-corrected chi connectivity index (χ3v) is 3.42. The molecule has 0 aliphatic rings. The first kappa shape index (κ1) is 15.8. The van der Waals surface area contributed by atoms with Gasteiger partial charge in [0.25, 0.3) is 0 Å². The van der Waals surface area contributed by atoms with Gasteiger partial charge in [-0.05, 0) is 31.3 Å². The van der Waals surface area contributed by atoms with Crippen LogP contribution in [0, 0.1) is 5.92 Å². The number of amides is 1. The number of unbranched alkanes of at least 4 members (excludes halogenated alkanes) is 3. The van der Waals surface area contributed by atoms with Gasteiger partial charge in [-0.25, -0.2) is 0 Å². The molecule has 0 aromatic carbocycles. The van der Waals surface area contributed by atoms with Gasteiger partial charge in [-0.3, -0.25) is 4.79 Å². The van der Waals surface area contributed by atoms with Gasteiger partial charge < -0.3 is 11.1 Å². The van der Waals surface area contributed by atoms with Gasteiger partial charge in [0.15, 0.2) is 0 Å². The highest BCUT2D eigenvalue weighted by Crippen LogP contribution is 2.04. The van der Waals surface area contributed by atoms with Crippen molar-refractivity contribution < 1.29 is 4.79 Å². The van der Waals surface area contributed by atoms with Crippen LogP contribution in [0.15, 0.2) is 0 Å². The van der Waals surface area contributed by atoms with Crippen molar-refractivity contribution >= 4 is 17.7 Å². The second kappa shape index (κ2) is 11.3. The molecule has 0 aromatic rings. The van der Waals surface area contributed by atoms with E-state index >= 15 is 0 Å². The number of hydrogen-bond donors (Lipinski definition) is 2. The topological polar surface area (TPSA) is 55.1 Å². The largest absolute Gasteiger partial charge is 0.356 e. The normalized spacial score (nSPS) is 12.4. The Morgan fingerprint density at radius 3 is 2.56 bits per heavy atom. The minimum absolute atomic E-state index is 0.00325. The van der Waals surface area contributed by atoms with Gasteiger partial charge in [0.1, 0.15) is 0 Å². The van der Waals surface area contributed by atoms with Gasteiger partial charge in [-0.1, -0.05) is 19.8 Å². The van der Waals surface area contributed by atoms with Crippen molar-refractivity contribution in [1.29, 1.82) is 0 Å². The van der Waals surface area contributed by atoms with Crippen LogP contribution in [0.25, 0.3) is 0 Å². The third kappa shape index (κ3) is 7.99. The number of carbonyl (C=O) groups is 1. The minimum Gasteiger partial charge on any atom is -0.356 e. The Kier molecular flexibility index (Phi) is 11.1. The number of nitrogens with one attached hydrogen (secondary N) is 1. The van der Waals surface area contributed by atoms with Gasteiger partial charge in [0, 0.05) is 19.0 Å². The Morgan fingerprint density at radius 2 is 2.00 bits per heavy atom. The molecule has 0 radical (unpaired) electrons. The quantitative estimate of drug-likeness (QED) is 0.580. The second-order valence-electron chi connectivity index (χ2n) is 4.04. The van der Waals surface area contributed by atoms with Gasteiger partial charge in [-0.2, -0.15) is 11.8 Å². The lowest BCUT2D eigenvalue weighted by Crippen LogP contribution is -2.35. The molecule has 16 heavy (non-hydrogen) atoms. The summed E-state index contributed by atoms with van der Waals surface area (Å²) in [6, 6.07) is 0. The Hall–Kier alpha value is -0.220. The highest BCUT2D eigenvalue weighted by atomic mass is 32.2. The lowest BCUT2D eigenvalue weighted by atomic mass is 10.1. The van der Waals surface area contributed by atoms with Crippen molar-refractivity contribution in [2.45, 2.75) is 39.0 Å². The smallest absolute Gasteiger partial charge is 0.224 e. The first-order chi connectivity index (χ1) is 7.76. The number of carbonyl (C=O) groups excluding carboxylic acids is 1. The predicted octanol–water partition coefficient (Wildman–Crippen LogP) is 2.01. The van der Waals surface area contributed by atoms with Crippen molar-refractivity contribution in [1.82, 2.24) is 5.32 Å². The third-order valence-electron chi connectivity index (χ3n) is 2.72. The van der Waals surface area contributed by atoms with Gasteiger partial charge in [-0.15, -0.1) is 0 Å². The van der Waals surface area contributed by atoms with Gasteiger partial charge in [0.05, 0.1) is 0 Å². The molecule has 0 aliphatic carbocycles. The SMILES string of the molecule is CCC(CN)C(=O)NCCCCCCSC. The van der Waals surface area contributed by atoms with E-state index in [2.05, 4.69) is 11.6 Å². The van der Waals surface area contributed by atoms with Crippen LogP contribution in [0.3, 0.4) is 0 Å². The van der Waals surface area contributed by atoms with Crippen LogP contribution in [-0.4, -0.2) is 31.0 Å². The Labute approximate surface area is 104 Å². The fourth-order valence-electron chi connectivity index (χ4n) is 1.54. The van der Waals surface area contributed by atoms with E-state index < -0.39 is 0 Å². The predicted molar refractivity (Wildman–Crippen MR) is 72.7 cm³/mol. The first-order valence-electron chi connectivity index (χ1n) is 6.23. The number of thioether (sulfide) groups is 1. The second-order valence-corrected chi connectivity index (χ2v) is 5.02. The van der Waals surface area contributed by atoms with Crippen molar-refractivity contribution in [2.24, 2.45) is 11.7 Å². The van der Waals surface area contributed by atoms with Crippen LogP contribution in [0.4, 0.5) is 0 Å². The summed E-state index contributed by atoms with van der Waals surface area (Å²) in [6.45, 7) is 3.25. The van der Waals surface area contributed by atoms with E-state index in [0.717, 1.165) is 19.4 Å². The van der Waals surface area contributed by atoms with Crippen LogP contribution < -0.4 is 11.1 Å². The Balaban J connectivity index is 3.33. The maximum atomic E-state index is 11.5. The molecule has 0 saturated heterocycles. The summed E-state index contributed by atoms with van der Waals surface area (Å²) in [5, 5.41) is 2.95. The summed E-state index contributed by atoms with van der Waals surface area (Å²) in [4.78, 5) is 11.5. The fraction of sp³-hybridized carbons (Fsp3) is 0.917. The standard InChI is InChI=1S/C12H26N2OS/c1-3-11(10-13)12(15)14-8-6-4-5-7-9-16-2/h11H,3-10,13H2,1-2H3,(H,14,15). The summed E-state index contributed by atoms with van der Waals surface area (Å²) in [5.74, 6) is 1.36. The maximum absolute atomic E-state index is 11.5. The molecule has 1 atom stereocenters. The fourth-order valence-corrected chi connectivity index (χ4v) is 2.03. The molecule has 0 spiro atoms. The molecule has 1 unspecified atom stereocenters. The molecular formula is C12H26N2OS. The molecule has 0 heterocycles. The van der Waals surface area contributed by atoms with Crippen LogP contribution in [0.5, 0.6) is 0 Å². The maximum Gasteiger partial charge on any atom is 0.224 e. The van der Waals surface area contributed by atoms with E-state index in [4.69, 9.17) is 5.73 Å². The van der Waals surface area contributed by atoms with E-state index in [0.29, 0.717) is 6.54 Å². The van der Waals surface area contributed by atoms with E-state index in [1.165, 1.54) is 25.0 Å². The summed E-state index contributed by atoms with van der Waals surface area (Å²) < 4.78 is 0. The monoisotopic (exact) mass is 246 g/mol. The van der Waals surface area contributed by atoms with Crippen LogP contribution in [-0.2, 0) is 4.79 Å². The molecule has 0 rings (SSSR count). The lowest BCUT2D eigenvalue weighted by Gasteiger charge is -2.12. The number of nitrogens with two attached hydrogens (primary N) is 1. The van der Waals surface area contributed by atoms with Crippen molar-refractivity contribution in [3.05, 3.63) is 0 Å². The highest BCUT2D eigenvalue weighted by Gasteiger charge is 2.12. The van der Waals surface area contributed by atoms with E-state index in [1.807, 2.05) is 18.7 Å². The van der Waals surface area contributed by atoms with Crippen molar-refractivity contribution in [3.63, 3.8) is 0 Å². The van der Waals surface area contributed by atoms with E-state index in [-0.39, 0.29) is 11.8 Å². The number of rotatable bonds is 10. The molecule has 1 amide bonds. The molecule has 0 aliphatic heterocycles. The summed E-state index contributed by atoms with van der Waals surface area (Å²) in [6.07, 6.45) is 7.82. The average Bonchev–Trinajstić information content (AvgIpc) is 2.29. The molecule has 3 N–H and O–H groups in total.